The molecule has 0 saturated heterocycles. The van der Waals surface area contributed by atoms with Crippen LogP contribution in [0.4, 0.5) is 9.52 Å². The summed E-state index contributed by atoms with van der Waals surface area (Å²) in [6.07, 6.45) is 0.344. The first-order valence-electron chi connectivity index (χ1n) is 5.83. The second-order valence-electron chi connectivity index (χ2n) is 3.94. The number of carbonyl (C=O) groups is 1. The molecule has 0 bridgehead atoms. The summed E-state index contributed by atoms with van der Waals surface area (Å²) in [6.45, 7) is 0.581. The molecule has 1 aromatic carbocycles. The quantitative estimate of drug-likeness (QED) is 0.816. The lowest BCUT2D eigenvalue weighted by Gasteiger charge is -2.00. The first-order valence-corrected chi connectivity index (χ1v) is 7.44. The number of halogens is 3. The van der Waals surface area contributed by atoms with Crippen LogP contribution in [0, 0.1) is 5.82 Å². The number of hydrogen-bond acceptors (Lipinski definition) is 5. The van der Waals surface area contributed by atoms with Crippen LogP contribution in [0.25, 0.3) is 10.6 Å². The Morgan fingerprint density at radius 3 is 2.90 bits per heavy atom. The van der Waals surface area contributed by atoms with Crippen molar-refractivity contribution in [3.05, 3.63) is 28.5 Å². The van der Waals surface area contributed by atoms with Crippen LogP contribution in [0.1, 0.15) is 6.42 Å². The van der Waals surface area contributed by atoms with Crippen LogP contribution in [0.5, 0.6) is 0 Å². The van der Waals surface area contributed by atoms with E-state index in [4.69, 9.17) is 0 Å². The van der Waals surface area contributed by atoms with Crippen molar-refractivity contribution >= 4 is 50.7 Å². The highest BCUT2D eigenvalue weighted by Gasteiger charge is 2.13. The van der Waals surface area contributed by atoms with Gasteiger partial charge in [0.25, 0.3) is 0 Å². The van der Waals surface area contributed by atoms with Gasteiger partial charge in [-0.1, -0.05) is 27.3 Å². The third-order valence-corrected chi connectivity index (χ3v) is 3.80. The smallest absolute Gasteiger partial charge is 0.227 e. The highest BCUT2D eigenvalue weighted by atomic mass is 79.9. The minimum Gasteiger partial charge on any atom is -0.319 e. The fourth-order valence-corrected chi connectivity index (χ4v) is 2.60. The third-order valence-electron chi connectivity index (χ3n) is 2.43. The summed E-state index contributed by atoms with van der Waals surface area (Å²) in [4.78, 5) is 11.5. The van der Waals surface area contributed by atoms with Gasteiger partial charge in [-0.05, 0) is 25.2 Å². The van der Waals surface area contributed by atoms with E-state index in [2.05, 4.69) is 36.8 Å². The zero-order valence-corrected chi connectivity index (χ0v) is 14.2. The van der Waals surface area contributed by atoms with Crippen molar-refractivity contribution in [1.82, 2.24) is 15.5 Å². The molecule has 21 heavy (non-hydrogen) atoms. The van der Waals surface area contributed by atoms with Crippen molar-refractivity contribution in [1.29, 1.82) is 0 Å². The van der Waals surface area contributed by atoms with Gasteiger partial charge >= 0.3 is 0 Å². The molecule has 2 aromatic rings. The predicted octanol–water partition coefficient (Wildman–Crippen LogP) is 3.08. The minimum atomic E-state index is -0.377. The fourth-order valence-electron chi connectivity index (χ4n) is 1.46. The van der Waals surface area contributed by atoms with E-state index in [9.17, 15) is 9.18 Å². The molecule has 9 heteroatoms. The molecule has 2 rings (SSSR count). The molecule has 5 nitrogen and oxygen atoms in total. The number of carbonyl (C=O) groups excluding carboxylic acids is 1. The largest absolute Gasteiger partial charge is 0.319 e. The van der Waals surface area contributed by atoms with Gasteiger partial charge in [0.05, 0.1) is 0 Å². The Morgan fingerprint density at radius 1 is 1.43 bits per heavy atom. The maximum atomic E-state index is 13.7. The van der Waals surface area contributed by atoms with E-state index < -0.39 is 0 Å². The molecule has 0 radical (unpaired) electrons. The molecule has 0 spiro atoms. The zero-order valence-electron chi connectivity index (χ0n) is 11.0. The molecule has 0 aliphatic heterocycles. The monoisotopic (exact) mass is 394 g/mol. The summed E-state index contributed by atoms with van der Waals surface area (Å²) in [5.41, 5.74) is 0.354. The van der Waals surface area contributed by atoms with Crippen LogP contribution in [0.3, 0.4) is 0 Å². The summed E-state index contributed by atoms with van der Waals surface area (Å²) in [5, 5.41) is 14.0. The minimum absolute atomic E-state index is 0. The van der Waals surface area contributed by atoms with Crippen molar-refractivity contribution < 1.29 is 9.18 Å². The molecule has 0 fully saturated rings. The van der Waals surface area contributed by atoms with Crippen LogP contribution in [-0.4, -0.2) is 29.7 Å². The second-order valence-corrected chi connectivity index (χ2v) is 5.83. The topological polar surface area (TPSA) is 66.9 Å². The van der Waals surface area contributed by atoms with E-state index in [1.54, 1.807) is 19.2 Å². The molecule has 114 valence electrons. The number of hydrogen-bond donors (Lipinski definition) is 2. The Kier molecular flexibility index (Phi) is 7.16. The normalized spacial score (nSPS) is 10.0. The molecular weight excluding hydrogens is 383 g/mol. The van der Waals surface area contributed by atoms with Gasteiger partial charge in [0.2, 0.25) is 11.0 Å². The molecule has 1 amide bonds. The molecule has 0 aliphatic rings. The van der Waals surface area contributed by atoms with E-state index in [-0.39, 0.29) is 24.1 Å². The molecule has 1 heterocycles. The summed E-state index contributed by atoms with van der Waals surface area (Å²) < 4.78 is 14.5. The van der Waals surface area contributed by atoms with Gasteiger partial charge in [-0.3, -0.25) is 4.79 Å². The Hall–Kier alpha value is -1.09. The van der Waals surface area contributed by atoms with Gasteiger partial charge in [-0.2, -0.15) is 0 Å². The van der Waals surface area contributed by atoms with E-state index >= 15 is 0 Å². The molecule has 0 atom stereocenters. The summed E-state index contributed by atoms with van der Waals surface area (Å²) in [5.74, 6) is -0.533. The Labute approximate surface area is 139 Å². The Bertz CT molecular complexity index is 625. The maximum Gasteiger partial charge on any atom is 0.227 e. The number of anilines is 1. The van der Waals surface area contributed by atoms with Crippen LogP contribution in [0.2, 0.25) is 0 Å². The van der Waals surface area contributed by atoms with Gasteiger partial charge in [-0.15, -0.1) is 22.6 Å². The van der Waals surface area contributed by atoms with Crippen LogP contribution in [-0.2, 0) is 4.79 Å². The average molecular weight is 396 g/mol. The lowest BCUT2D eigenvalue weighted by atomic mass is 10.2. The van der Waals surface area contributed by atoms with Crippen LogP contribution < -0.4 is 10.6 Å². The standard InChI is InChI=1S/C12H12BrFN4OS.ClH/c1-15-5-4-10(19)16-12-18-17-11(20-12)8-6-7(13)2-3-9(8)14;/h2-3,6,15H,4-5H2,1H3,(H,16,18,19);1H. The number of nitrogens with one attached hydrogen (secondary N) is 2. The predicted molar refractivity (Wildman–Crippen MR) is 87.4 cm³/mol. The summed E-state index contributed by atoms with van der Waals surface area (Å²) >= 11 is 4.42. The lowest BCUT2D eigenvalue weighted by Crippen LogP contribution is -2.18. The summed E-state index contributed by atoms with van der Waals surface area (Å²) in [7, 11) is 1.77. The maximum absolute atomic E-state index is 13.7. The highest BCUT2D eigenvalue weighted by molar-refractivity contribution is 9.10. The molecule has 0 aliphatic carbocycles. The van der Waals surface area contributed by atoms with Crippen LogP contribution in [0.15, 0.2) is 22.7 Å². The third kappa shape index (κ3) is 4.99. The first kappa shape index (κ1) is 18.0. The van der Waals surface area contributed by atoms with E-state index in [1.807, 2.05) is 0 Å². The number of aromatic nitrogens is 2. The average Bonchev–Trinajstić information content (AvgIpc) is 2.87. The van der Waals surface area contributed by atoms with Crippen molar-refractivity contribution in [2.45, 2.75) is 6.42 Å². The number of amides is 1. The molecule has 0 unspecified atom stereocenters. The molecular formula is C12H13BrClFN4OS. The number of benzene rings is 1. The van der Waals surface area contributed by atoms with Gasteiger partial charge in [0.15, 0.2) is 5.01 Å². The van der Waals surface area contributed by atoms with Gasteiger partial charge < -0.3 is 10.6 Å². The van der Waals surface area contributed by atoms with E-state index in [1.165, 1.54) is 6.07 Å². The molecule has 1 aromatic heterocycles. The van der Waals surface area contributed by atoms with Gasteiger partial charge in [0, 0.05) is 23.0 Å². The van der Waals surface area contributed by atoms with Crippen molar-refractivity contribution in [2.24, 2.45) is 0 Å². The van der Waals surface area contributed by atoms with E-state index in [0.717, 1.165) is 15.8 Å². The van der Waals surface area contributed by atoms with Crippen molar-refractivity contribution in [3.63, 3.8) is 0 Å². The fraction of sp³-hybridized carbons (Fsp3) is 0.250. The Balaban J connectivity index is 0.00000220. The first-order chi connectivity index (χ1) is 9.60. The lowest BCUT2D eigenvalue weighted by molar-refractivity contribution is -0.116. The zero-order chi connectivity index (χ0) is 14.5. The van der Waals surface area contributed by atoms with Gasteiger partial charge in [0.1, 0.15) is 5.82 Å². The molecule has 2 N–H and O–H groups in total. The van der Waals surface area contributed by atoms with Crippen LogP contribution >= 0.6 is 39.7 Å². The van der Waals surface area contributed by atoms with Gasteiger partial charge in [-0.25, -0.2) is 4.39 Å². The second kappa shape index (κ2) is 8.38. The number of rotatable bonds is 5. The van der Waals surface area contributed by atoms with Crippen molar-refractivity contribution in [3.8, 4) is 10.6 Å². The van der Waals surface area contributed by atoms with Crippen molar-refractivity contribution in [2.75, 3.05) is 18.9 Å². The van der Waals surface area contributed by atoms with E-state index in [0.29, 0.717) is 28.7 Å². The highest BCUT2D eigenvalue weighted by Crippen LogP contribution is 2.30. The Morgan fingerprint density at radius 2 is 2.19 bits per heavy atom. The SMILES string of the molecule is CNCCC(=O)Nc1nnc(-c2cc(Br)ccc2F)s1.Cl. The number of nitrogens with zero attached hydrogens (tertiary/aromatic N) is 2. The summed E-state index contributed by atoms with van der Waals surface area (Å²) in [6, 6.07) is 4.59. The molecule has 0 saturated carbocycles.